The van der Waals surface area contributed by atoms with E-state index in [1.54, 1.807) is 30.3 Å². The zero-order valence-electron chi connectivity index (χ0n) is 9.14. The minimum Gasteiger partial charge on any atom is -0.466 e. The van der Waals surface area contributed by atoms with E-state index < -0.39 is 11.7 Å². The lowest BCUT2D eigenvalue weighted by Crippen LogP contribution is -2.51. The quantitative estimate of drug-likeness (QED) is 0.466. The Labute approximate surface area is 94.2 Å². The number of rotatable bonds is 5. The van der Waals surface area contributed by atoms with Crippen LogP contribution in [-0.2, 0) is 15.3 Å². The predicted octanol–water partition coefficient (Wildman–Crippen LogP) is -0.447. The fraction of sp³-hybridized carbons (Fsp3) is 0.364. The van der Waals surface area contributed by atoms with Crippen LogP contribution >= 0.6 is 0 Å². The van der Waals surface area contributed by atoms with Crippen molar-refractivity contribution in [3.05, 3.63) is 35.9 Å². The van der Waals surface area contributed by atoms with Crippen LogP contribution in [0.1, 0.15) is 5.56 Å². The fourth-order valence-electron chi connectivity index (χ4n) is 1.37. The maximum Gasteiger partial charge on any atom is 0.358 e. The summed E-state index contributed by atoms with van der Waals surface area (Å²) in [5, 5.41) is 12.9. The standard InChI is InChI=1S/C11H16N2O3/c1-16-10(14)11(15,13-8-7-12)9-5-3-2-4-6-9/h2-6,13,15H,7-8,12H2,1H3. The number of ether oxygens (including phenoxy) is 1. The number of benzene rings is 1. The number of hydrogen-bond donors (Lipinski definition) is 3. The highest BCUT2D eigenvalue weighted by molar-refractivity contribution is 5.80. The molecule has 5 heteroatoms. The molecule has 0 fully saturated rings. The summed E-state index contributed by atoms with van der Waals surface area (Å²) in [7, 11) is 1.22. The first-order valence-corrected chi connectivity index (χ1v) is 4.96. The van der Waals surface area contributed by atoms with Gasteiger partial charge in [0.25, 0.3) is 0 Å². The van der Waals surface area contributed by atoms with Gasteiger partial charge >= 0.3 is 5.97 Å². The number of carbonyl (C=O) groups is 1. The first-order chi connectivity index (χ1) is 7.65. The number of carbonyl (C=O) groups excluding carboxylic acids is 1. The van der Waals surface area contributed by atoms with Crippen molar-refractivity contribution >= 4 is 5.97 Å². The third-order valence-corrected chi connectivity index (χ3v) is 2.20. The highest BCUT2D eigenvalue weighted by atomic mass is 16.5. The van der Waals surface area contributed by atoms with Crippen LogP contribution in [0.5, 0.6) is 0 Å². The minimum atomic E-state index is -1.84. The van der Waals surface area contributed by atoms with Crippen LogP contribution < -0.4 is 11.1 Å². The Kier molecular flexibility index (Phi) is 4.42. The second-order valence-corrected chi connectivity index (χ2v) is 3.28. The second kappa shape index (κ2) is 5.60. The molecule has 1 aromatic rings. The van der Waals surface area contributed by atoms with Crippen LogP contribution in [0.4, 0.5) is 0 Å². The zero-order chi connectivity index (χ0) is 12.0. The first-order valence-electron chi connectivity index (χ1n) is 4.96. The highest BCUT2D eigenvalue weighted by Crippen LogP contribution is 2.19. The molecule has 0 aliphatic rings. The Hall–Kier alpha value is -1.43. The average molecular weight is 224 g/mol. The van der Waals surface area contributed by atoms with E-state index in [1.807, 2.05) is 0 Å². The molecular formula is C11H16N2O3. The summed E-state index contributed by atoms with van der Waals surface area (Å²) in [6, 6.07) is 8.53. The van der Waals surface area contributed by atoms with Gasteiger partial charge in [0.15, 0.2) is 0 Å². The van der Waals surface area contributed by atoms with Crippen molar-refractivity contribution in [1.82, 2.24) is 5.32 Å². The van der Waals surface area contributed by atoms with Crippen molar-refractivity contribution in [2.24, 2.45) is 5.73 Å². The first kappa shape index (κ1) is 12.6. The van der Waals surface area contributed by atoms with E-state index in [-0.39, 0.29) is 0 Å². The Morgan fingerprint density at radius 2 is 2.12 bits per heavy atom. The number of nitrogens with one attached hydrogen (secondary N) is 1. The molecule has 1 atom stereocenters. The van der Waals surface area contributed by atoms with E-state index in [0.717, 1.165) is 0 Å². The van der Waals surface area contributed by atoms with Gasteiger partial charge in [-0.15, -0.1) is 0 Å². The normalized spacial score (nSPS) is 14.2. The average Bonchev–Trinajstić information content (AvgIpc) is 2.36. The molecule has 0 saturated carbocycles. The van der Waals surface area contributed by atoms with Crippen molar-refractivity contribution in [2.45, 2.75) is 5.72 Å². The molecule has 0 amide bonds. The van der Waals surface area contributed by atoms with Gasteiger partial charge in [-0.3, -0.25) is 5.32 Å². The van der Waals surface area contributed by atoms with E-state index in [4.69, 9.17) is 5.73 Å². The summed E-state index contributed by atoms with van der Waals surface area (Å²) in [5.41, 5.74) is 3.92. The van der Waals surface area contributed by atoms with Gasteiger partial charge in [0.2, 0.25) is 5.72 Å². The summed E-state index contributed by atoms with van der Waals surface area (Å²) in [6.45, 7) is 0.618. The van der Waals surface area contributed by atoms with Crippen LogP contribution in [0.15, 0.2) is 30.3 Å². The topological polar surface area (TPSA) is 84.6 Å². The van der Waals surface area contributed by atoms with E-state index in [1.165, 1.54) is 7.11 Å². The Morgan fingerprint density at radius 3 is 2.62 bits per heavy atom. The molecule has 0 bridgehead atoms. The van der Waals surface area contributed by atoms with Crippen LogP contribution in [-0.4, -0.2) is 31.3 Å². The number of aliphatic hydroxyl groups is 1. The van der Waals surface area contributed by atoms with Crippen LogP contribution in [0.3, 0.4) is 0 Å². The van der Waals surface area contributed by atoms with Crippen LogP contribution in [0, 0.1) is 0 Å². The third-order valence-electron chi connectivity index (χ3n) is 2.20. The predicted molar refractivity (Wildman–Crippen MR) is 59.4 cm³/mol. The molecule has 0 radical (unpaired) electrons. The number of methoxy groups -OCH3 is 1. The van der Waals surface area contributed by atoms with Gasteiger partial charge in [-0.1, -0.05) is 30.3 Å². The van der Waals surface area contributed by atoms with Gasteiger partial charge in [-0.25, -0.2) is 4.79 Å². The molecule has 0 saturated heterocycles. The summed E-state index contributed by atoms with van der Waals surface area (Å²) < 4.78 is 4.57. The van der Waals surface area contributed by atoms with Crippen molar-refractivity contribution in [2.75, 3.05) is 20.2 Å². The van der Waals surface area contributed by atoms with Crippen molar-refractivity contribution in [3.8, 4) is 0 Å². The maximum atomic E-state index is 11.6. The fourth-order valence-corrected chi connectivity index (χ4v) is 1.37. The van der Waals surface area contributed by atoms with Gasteiger partial charge in [0, 0.05) is 18.7 Å². The summed E-state index contributed by atoms with van der Waals surface area (Å²) in [6.07, 6.45) is 0. The third kappa shape index (κ3) is 2.57. The highest BCUT2D eigenvalue weighted by Gasteiger charge is 2.38. The molecule has 16 heavy (non-hydrogen) atoms. The molecule has 0 aliphatic heterocycles. The van der Waals surface area contributed by atoms with E-state index in [2.05, 4.69) is 10.1 Å². The smallest absolute Gasteiger partial charge is 0.358 e. The van der Waals surface area contributed by atoms with E-state index in [0.29, 0.717) is 18.7 Å². The SMILES string of the molecule is COC(=O)C(O)(NCCN)c1ccccc1. The summed E-state index contributed by atoms with van der Waals surface area (Å²) in [5.74, 6) is -0.757. The zero-order valence-corrected chi connectivity index (χ0v) is 9.14. The molecule has 5 nitrogen and oxygen atoms in total. The lowest BCUT2D eigenvalue weighted by atomic mass is 10.0. The Bertz CT molecular complexity index is 342. The second-order valence-electron chi connectivity index (χ2n) is 3.28. The molecule has 88 valence electrons. The van der Waals surface area contributed by atoms with Gasteiger partial charge in [-0.05, 0) is 0 Å². The molecule has 1 rings (SSSR count). The largest absolute Gasteiger partial charge is 0.466 e. The number of esters is 1. The van der Waals surface area contributed by atoms with Crippen molar-refractivity contribution in [3.63, 3.8) is 0 Å². The number of hydrogen-bond acceptors (Lipinski definition) is 5. The van der Waals surface area contributed by atoms with Crippen LogP contribution in [0.2, 0.25) is 0 Å². The van der Waals surface area contributed by atoms with E-state index >= 15 is 0 Å². The molecular weight excluding hydrogens is 208 g/mol. The summed E-state index contributed by atoms with van der Waals surface area (Å²) >= 11 is 0. The summed E-state index contributed by atoms with van der Waals surface area (Å²) in [4.78, 5) is 11.6. The van der Waals surface area contributed by atoms with Gasteiger partial charge in [0.05, 0.1) is 7.11 Å². The van der Waals surface area contributed by atoms with Gasteiger partial charge < -0.3 is 15.6 Å². The van der Waals surface area contributed by atoms with Crippen LogP contribution in [0.25, 0.3) is 0 Å². The van der Waals surface area contributed by atoms with Crippen molar-refractivity contribution in [1.29, 1.82) is 0 Å². The lowest BCUT2D eigenvalue weighted by molar-refractivity contribution is -0.167. The maximum absolute atomic E-state index is 11.6. The van der Waals surface area contributed by atoms with Gasteiger partial charge in [-0.2, -0.15) is 0 Å². The molecule has 1 unspecified atom stereocenters. The Morgan fingerprint density at radius 1 is 1.50 bits per heavy atom. The molecule has 0 spiro atoms. The molecule has 0 aromatic heterocycles. The molecule has 1 aromatic carbocycles. The van der Waals surface area contributed by atoms with Crippen molar-refractivity contribution < 1.29 is 14.6 Å². The lowest BCUT2D eigenvalue weighted by Gasteiger charge is -2.26. The van der Waals surface area contributed by atoms with E-state index in [9.17, 15) is 9.90 Å². The monoisotopic (exact) mass is 224 g/mol. The minimum absolute atomic E-state index is 0.306. The molecule has 0 aliphatic carbocycles. The van der Waals surface area contributed by atoms with Gasteiger partial charge in [0.1, 0.15) is 0 Å². The Balaban J connectivity index is 2.99. The molecule has 4 N–H and O–H groups in total. The number of nitrogens with two attached hydrogens (primary N) is 1. The molecule has 0 heterocycles.